The van der Waals surface area contributed by atoms with E-state index in [1.807, 2.05) is 0 Å². The Kier molecular flexibility index (Phi) is 5.48. The Balaban J connectivity index is 1.59. The topological polar surface area (TPSA) is 32.3 Å². The summed E-state index contributed by atoms with van der Waals surface area (Å²) < 4.78 is 0. The minimum atomic E-state index is 0.325. The van der Waals surface area contributed by atoms with Gasteiger partial charge >= 0.3 is 0 Å². The van der Waals surface area contributed by atoms with Gasteiger partial charge in [0.1, 0.15) is 0 Å². The number of carbonyl (C=O) groups excluding carboxylic acids is 1. The molecule has 2 fully saturated rings. The van der Waals surface area contributed by atoms with Crippen molar-refractivity contribution in [1.82, 2.24) is 10.2 Å². The fourth-order valence-electron chi connectivity index (χ4n) is 2.88. The third kappa shape index (κ3) is 3.98. The average Bonchev–Trinajstić information content (AvgIpc) is 2.29. The summed E-state index contributed by atoms with van der Waals surface area (Å²) in [6, 6.07) is 0.445. The van der Waals surface area contributed by atoms with Crippen LogP contribution in [0.2, 0.25) is 0 Å². The molecule has 1 aliphatic heterocycles. The Morgan fingerprint density at radius 1 is 1.17 bits per heavy atom. The normalized spacial score (nSPS) is 22.7. The van der Waals surface area contributed by atoms with Crippen LogP contribution in [0.15, 0.2) is 0 Å². The van der Waals surface area contributed by atoms with Crippen LogP contribution in [0.4, 0.5) is 0 Å². The molecule has 1 aliphatic carbocycles. The molecule has 0 aromatic rings. The molecule has 0 spiro atoms. The molecule has 1 saturated carbocycles. The largest absolute Gasteiger partial charge is 0.353 e. The number of nitrogens with zero attached hydrogens (tertiary/aromatic N) is 1. The van der Waals surface area contributed by atoms with Crippen LogP contribution < -0.4 is 5.32 Å². The standard InChI is InChI=1S/C15H28N2O/c1-2-3-4-10-17-11-8-14(9-12-17)16-15(18)13-6-5-7-13/h13-14H,2-12H2,1H3,(H,16,18). The summed E-state index contributed by atoms with van der Waals surface area (Å²) in [6.07, 6.45) is 9.73. The zero-order valence-electron chi connectivity index (χ0n) is 11.8. The summed E-state index contributed by atoms with van der Waals surface area (Å²) in [6.45, 7) is 5.83. The van der Waals surface area contributed by atoms with Crippen molar-refractivity contribution in [2.45, 2.75) is 64.3 Å². The molecule has 0 unspecified atom stereocenters. The highest BCUT2D eigenvalue weighted by molar-refractivity contribution is 5.79. The Labute approximate surface area is 111 Å². The second-order valence-corrected chi connectivity index (χ2v) is 5.96. The van der Waals surface area contributed by atoms with Crippen molar-refractivity contribution in [3.63, 3.8) is 0 Å². The van der Waals surface area contributed by atoms with Gasteiger partial charge in [0.15, 0.2) is 0 Å². The Morgan fingerprint density at radius 2 is 1.89 bits per heavy atom. The molecule has 0 aromatic heterocycles. The second kappa shape index (κ2) is 7.13. The van der Waals surface area contributed by atoms with Crippen LogP contribution in [0.1, 0.15) is 58.3 Å². The van der Waals surface area contributed by atoms with Gasteiger partial charge in [0.05, 0.1) is 0 Å². The molecule has 1 amide bonds. The molecule has 1 heterocycles. The predicted octanol–water partition coefficient (Wildman–Crippen LogP) is 2.56. The van der Waals surface area contributed by atoms with E-state index < -0.39 is 0 Å². The lowest BCUT2D eigenvalue weighted by atomic mass is 9.84. The van der Waals surface area contributed by atoms with Gasteiger partial charge in [0.25, 0.3) is 0 Å². The van der Waals surface area contributed by atoms with Crippen molar-refractivity contribution in [2.24, 2.45) is 5.92 Å². The van der Waals surface area contributed by atoms with Gasteiger partial charge in [-0.15, -0.1) is 0 Å². The molecular formula is C15H28N2O. The first kappa shape index (κ1) is 13.9. The summed E-state index contributed by atoms with van der Waals surface area (Å²) in [7, 11) is 0. The monoisotopic (exact) mass is 252 g/mol. The van der Waals surface area contributed by atoms with Crippen molar-refractivity contribution in [3.05, 3.63) is 0 Å². The van der Waals surface area contributed by atoms with Crippen molar-refractivity contribution < 1.29 is 4.79 Å². The summed E-state index contributed by atoms with van der Waals surface area (Å²) in [5.74, 6) is 0.665. The van der Waals surface area contributed by atoms with Gasteiger partial charge < -0.3 is 10.2 Å². The van der Waals surface area contributed by atoms with Crippen LogP contribution >= 0.6 is 0 Å². The van der Waals surface area contributed by atoms with E-state index in [0.717, 1.165) is 25.7 Å². The number of nitrogens with one attached hydrogen (secondary N) is 1. The van der Waals surface area contributed by atoms with Gasteiger partial charge in [-0.1, -0.05) is 26.2 Å². The maximum atomic E-state index is 11.9. The van der Waals surface area contributed by atoms with E-state index in [1.165, 1.54) is 45.3 Å². The second-order valence-electron chi connectivity index (χ2n) is 5.96. The van der Waals surface area contributed by atoms with Crippen molar-refractivity contribution >= 4 is 5.91 Å². The number of rotatable bonds is 6. The molecule has 2 aliphatic rings. The van der Waals surface area contributed by atoms with Gasteiger partial charge in [-0.05, 0) is 38.6 Å². The molecule has 1 N–H and O–H groups in total. The third-order valence-electron chi connectivity index (χ3n) is 4.49. The zero-order chi connectivity index (χ0) is 12.8. The first-order valence-electron chi connectivity index (χ1n) is 7.82. The predicted molar refractivity (Wildman–Crippen MR) is 74.5 cm³/mol. The molecular weight excluding hydrogens is 224 g/mol. The molecule has 3 nitrogen and oxygen atoms in total. The summed E-state index contributed by atoms with van der Waals surface area (Å²) in [4.78, 5) is 14.4. The molecule has 18 heavy (non-hydrogen) atoms. The van der Waals surface area contributed by atoms with Crippen molar-refractivity contribution in [2.75, 3.05) is 19.6 Å². The van der Waals surface area contributed by atoms with Crippen LogP contribution in [0.25, 0.3) is 0 Å². The van der Waals surface area contributed by atoms with E-state index in [-0.39, 0.29) is 0 Å². The van der Waals surface area contributed by atoms with Gasteiger partial charge in [0, 0.05) is 25.0 Å². The summed E-state index contributed by atoms with van der Waals surface area (Å²) in [5.41, 5.74) is 0. The average molecular weight is 252 g/mol. The molecule has 104 valence electrons. The molecule has 0 radical (unpaired) electrons. The summed E-state index contributed by atoms with van der Waals surface area (Å²) in [5, 5.41) is 3.24. The lowest BCUT2D eigenvalue weighted by Gasteiger charge is -2.34. The van der Waals surface area contributed by atoms with Crippen molar-refractivity contribution in [3.8, 4) is 0 Å². The SMILES string of the molecule is CCCCCN1CCC(NC(=O)C2CCC2)CC1. The van der Waals surface area contributed by atoms with Crippen LogP contribution in [-0.4, -0.2) is 36.5 Å². The number of carbonyl (C=O) groups is 1. The molecule has 0 atom stereocenters. The van der Waals surface area contributed by atoms with E-state index in [0.29, 0.717) is 17.9 Å². The fourth-order valence-corrected chi connectivity index (χ4v) is 2.88. The van der Waals surface area contributed by atoms with E-state index in [4.69, 9.17) is 0 Å². The number of unbranched alkanes of at least 4 members (excludes halogenated alkanes) is 2. The third-order valence-corrected chi connectivity index (χ3v) is 4.49. The highest BCUT2D eigenvalue weighted by Gasteiger charge is 2.28. The Morgan fingerprint density at radius 3 is 2.44 bits per heavy atom. The highest BCUT2D eigenvalue weighted by Crippen LogP contribution is 2.26. The Hall–Kier alpha value is -0.570. The fraction of sp³-hybridized carbons (Fsp3) is 0.933. The number of likely N-dealkylation sites (tertiary alicyclic amines) is 1. The van der Waals surface area contributed by atoms with E-state index in [2.05, 4.69) is 17.1 Å². The minimum Gasteiger partial charge on any atom is -0.353 e. The van der Waals surface area contributed by atoms with Crippen LogP contribution in [-0.2, 0) is 4.79 Å². The number of piperidine rings is 1. The van der Waals surface area contributed by atoms with Crippen LogP contribution in [0.5, 0.6) is 0 Å². The van der Waals surface area contributed by atoms with Crippen LogP contribution in [0.3, 0.4) is 0 Å². The molecule has 1 saturated heterocycles. The van der Waals surface area contributed by atoms with E-state index in [1.54, 1.807) is 0 Å². The summed E-state index contributed by atoms with van der Waals surface area (Å²) >= 11 is 0. The number of hydrogen-bond donors (Lipinski definition) is 1. The number of hydrogen-bond acceptors (Lipinski definition) is 2. The van der Waals surface area contributed by atoms with Gasteiger partial charge in [-0.25, -0.2) is 0 Å². The molecule has 0 bridgehead atoms. The van der Waals surface area contributed by atoms with Gasteiger partial charge in [0.2, 0.25) is 5.91 Å². The molecule has 3 heteroatoms. The highest BCUT2D eigenvalue weighted by atomic mass is 16.2. The zero-order valence-corrected chi connectivity index (χ0v) is 11.8. The maximum Gasteiger partial charge on any atom is 0.223 e. The first-order chi connectivity index (χ1) is 8.79. The first-order valence-corrected chi connectivity index (χ1v) is 7.82. The van der Waals surface area contributed by atoms with Crippen LogP contribution in [0, 0.1) is 5.92 Å². The number of amides is 1. The molecule has 0 aromatic carbocycles. The quantitative estimate of drug-likeness (QED) is 0.737. The lowest BCUT2D eigenvalue weighted by molar-refractivity contribution is -0.128. The smallest absolute Gasteiger partial charge is 0.223 e. The lowest BCUT2D eigenvalue weighted by Crippen LogP contribution is -2.47. The van der Waals surface area contributed by atoms with E-state index >= 15 is 0 Å². The maximum absolute atomic E-state index is 11.9. The molecule has 2 rings (SSSR count). The van der Waals surface area contributed by atoms with Crippen molar-refractivity contribution in [1.29, 1.82) is 0 Å². The van der Waals surface area contributed by atoms with Gasteiger partial charge in [-0.2, -0.15) is 0 Å². The minimum absolute atomic E-state index is 0.325. The Bertz CT molecular complexity index is 255. The van der Waals surface area contributed by atoms with Gasteiger partial charge in [-0.3, -0.25) is 4.79 Å². The van der Waals surface area contributed by atoms with E-state index in [9.17, 15) is 4.79 Å².